The first-order valence-electron chi connectivity index (χ1n) is 5.30. The van der Waals surface area contributed by atoms with E-state index in [9.17, 15) is 5.11 Å². The average Bonchev–Trinajstić information content (AvgIpc) is 2.18. The van der Waals surface area contributed by atoms with Gasteiger partial charge in [0.1, 0.15) is 5.75 Å². The van der Waals surface area contributed by atoms with E-state index in [1.165, 1.54) is 5.57 Å². The molecule has 1 aromatic carbocycles. The molecule has 0 spiro atoms. The molecule has 2 heteroatoms. The number of hydrogen-bond donors (Lipinski definition) is 2. The molecule has 0 atom stereocenters. The van der Waals surface area contributed by atoms with E-state index in [0.717, 1.165) is 24.9 Å². The molecule has 0 aliphatic heterocycles. The second-order valence-electron chi connectivity index (χ2n) is 3.79. The van der Waals surface area contributed by atoms with Gasteiger partial charge in [0, 0.05) is 0 Å². The zero-order valence-electron chi connectivity index (χ0n) is 9.46. The standard InChI is InChI=1S/C13H19NO/c1-11(5-4-8-14-2)9-12-6-3-7-13(15)10-12/h3,5-7,10,14-15H,4,8-9H2,1-2H3. The van der Waals surface area contributed by atoms with Gasteiger partial charge in [-0.05, 0) is 51.1 Å². The third-order valence-electron chi connectivity index (χ3n) is 2.28. The monoisotopic (exact) mass is 205 g/mol. The van der Waals surface area contributed by atoms with Crippen LogP contribution in [0.15, 0.2) is 35.9 Å². The molecule has 1 rings (SSSR count). The van der Waals surface area contributed by atoms with Gasteiger partial charge in [0.2, 0.25) is 0 Å². The lowest BCUT2D eigenvalue weighted by atomic mass is 10.1. The Labute approximate surface area is 91.6 Å². The van der Waals surface area contributed by atoms with Crippen LogP contribution in [0, 0.1) is 0 Å². The molecular weight excluding hydrogens is 186 g/mol. The Kier molecular flexibility index (Phi) is 4.91. The summed E-state index contributed by atoms with van der Waals surface area (Å²) in [4.78, 5) is 0. The number of phenols is 1. The van der Waals surface area contributed by atoms with E-state index < -0.39 is 0 Å². The first kappa shape index (κ1) is 11.8. The average molecular weight is 205 g/mol. The molecule has 82 valence electrons. The van der Waals surface area contributed by atoms with Gasteiger partial charge >= 0.3 is 0 Å². The Balaban J connectivity index is 2.50. The summed E-state index contributed by atoms with van der Waals surface area (Å²) in [5.74, 6) is 0.343. The number of nitrogens with one attached hydrogen (secondary N) is 1. The maximum absolute atomic E-state index is 9.31. The van der Waals surface area contributed by atoms with E-state index in [0.29, 0.717) is 5.75 Å². The second kappa shape index (κ2) is 6.25. The molecule has 0 radical (unpaired) electrons. The highest BCUT2D eigenvalue weighted by Crippen LogP contribution is 2.14. The van der Waals surface area contributed by atoms with Gasteiger partial charge in [-0.1, -0.05) is 23.8 Å². The van der Waals surface area contributed by atoms with Crippen LogP contribution < -0.4 is 5.32 Å². The zero-order valence-corrected chi connectivity index (χ0v) is 9.46. The van der Waals surface area contributed by atoms with Gasteiger partial charge in [0.15, 0.2) is 0 Å². The third kappa shape index (κ3) is 4.66. The Bertz CT molecular complexity index is 331. The lowest BCUT2D eigenvalue weighted by Gasteiger charge is -2.03. The molecule has 2 N–H and O–H groups in total. The van der Waals surface area contributed by atoms with Gasteiger partial charge < -0.3 is 10.4 Å². The number of phenolic OH excluding ortho intramolecular Hbond substituents is 1. The smallest absolute Gasteiger partial charge is 0.115 e. The molecule has 0 aliphatic rings. The minimum Gasteiger partial charge on any atom is -0.508 e. The highest BCUT2D eigenvalue weighted by atomic mass is 16.3. The third-order valence-corrected chi connectivity index (χ3v) is 2.28. The topological polar surface area (TPSA) is 32.3 Å². The molecule has 0 unspecified atom stereocenters. The van der Waals surface area contributed by atoms with Crippen molar-refractivity contribution in [2.45, 2.75) is 19.8 Å². The summed E-state index contributed by atoms with van der Waals surface area (Å²) >= 11 is 0. The van der Waals surface area contributed by atoms with E-state index >= 15 is 0 Å². The van der Waals surface area contributed by atoms with Crippen molar-refractivity contribution in [3.63, 3.8) is 0 Å². The Hall–Kier alpha value is -1.28. The summed E-state index contributed by atoms with van der Waals surface area (Å²) in [5.41, 5.74) is 2.50. The van der Waals surface area contributed by atoms with Crippen LogP contribution in [0.3, 0.4) is 0 Å². The molecule has 1 aromatic rings. The summed E-state index contributed by atoms with van der Waals surface area (Å²) in [5, 5.41) is 12.4. The number of aromatic hydroxyl groups is 1. The lowest BCUT2D eigenvalue weighted by molar-refractivity contribution is 0.474. The first-order valence-corrected chi connectivity index (χ1v) is 5.30. The highest BCUT2D eigenvalue weighted by molar-refractivity contribution is 5.29. The molecule has 0 bridgehead atoms. The van der Waals surface area contributed by atoms with E-state index in [4.69, 9.17) is 0 Å². The fourth-order valence-corrected chi connectivity index (χ4v) is 1.52. The maximum Gasteiger partial charge on any atom is 0.115 e. The molecule has 15 heavy (non-hydrogen) atoms. The maximum atomic E-state index is 9.31. The molecule has 0 saturated heterocycles. The van der Waals surface area contributed by atoms with Gasteiger partial charge in [0.25, 0.3) is 0 Å². The van der Waals surface area contributed by atoms with Gasteiger partial charge in [-0.25, -0.2) is 0 Å². The minimum absolute atomic E-state index is 0.343. The Morgan fingerprint density at radius 2 is 2.27 bits per heavy atom. The van der Waals surface area contributed by atoms with E-state index in [1.807, 2.05) is 25.2 Å². The van der Waals surface area contributed by atoms with Crippen molar-refractivity contribution in [2.75, 3.05) is 13.6 Å². The quantitative estimate of drug-likeness (QED) is 0.572. The number of allylic oxidation sites excluding steroid dienone is 1. The zero-order chi connectivity index (χ0) is 11.1. The summed E-state index contributed by atoms with van der Waals surface area (Å²) < 4.78 is 0. The van der Waals surface area contributed by atoms with Crippen LogP contribution in [0.5, 0.6) is 5.75 Å². The lowest BCUT2D eigenvalue weighted by Crippen LogP contribution is -2.06. The molecule has 0 aliphatic carbocycles. The van der Waals surface area contributed by atoms with Crippen LogP contribution in [0.1, 0.15) is 18.9 Å². The van der Waals surface area contributed by atoms with Crippen LogP contribution in [-0.2, 0) is 6.42 Å². The van der Waals surface area contributed by atoms with Crippen LogP contribution >= 0.6 is 0 Å². The fraction of sp³-hybridized carbons (Fsp3) is 0.385. The van der Waals surface area contributed by atoms with Crippen molar-refractivity contribution >= 4 is 0 Å². The van der Waals surface area contributed by atoms with Crippen LogP contribution in [0.2, 0.25) is 0 Å². The normalized spacial score (nSPS) is 11.7. The minimum atomic E-state index is 0.343. The molecule has 0 aromatic heterocycles. The van der Waals surface area contributed by atoms with Crippen LogP contribution in [-0.4, -0.2) is 18.7 Å². The Morgan fingerprint density at radius 3 is 2.93 bits per heavy atom. The number of rotatable bonds is 5. The van der Waals surface area contributed by atoms with Crippen molar-refractivity contribution < 1.29 is 5.11 Å². The molecule has 2 nitrogen and oxygen atoms in total. The van der Waals surface area contributed by atoms with Crippen molar-refractivity contribution in [3.05, 3.63) is 41.5 Å². The summed E-state index contributed by atoms with van der Waals surface area (Å²) in [6, 6.07) is 7.43. The number of benzene rings is 1. The predicted octanol–water partition coefficient (Wildman–Crippen LogP) is 2.49. The molecule has 0 heterocycles. The van der Waals surface area contributed by atoms with Crippen molar-refractivity contribution in [1.29, 1.82) is 0 Å². The van der Waals surface area contributed by atoms with Gasteiger partial charge in [-0.15, -0.1) is 0 Å². The van der Waals surface area contributed by atoms with Gasteiger partial charge in [-0.3, -0.25) is 0 Å². The molecule has 0 fully saturated rings. The van der Waals surface area contributed by atoms with E-state index in [-0.39, 0.29) is 0 Å². The van der Waals surface area contributed by atoms with E-state index in [1.54, 1.807) is 6.07 Å². The second-order valence-corrected chi connectivity index (χ2v) is 3.79. The highest BCUT2D eigenvalue weighted by Gasteiger charge is 1.95. The van der Waals surface area contributed by atoms with E-state index in [2.05, 4.69) is 18.3 Å². The van der Waals surface area contributed by atoms with Crippen molar-refractivity contribution in [2.24, 2.45) is 0 Å². The first-order chi connectivity index (χ1) is 7.22. The molecule has 0 saturated carbocycles. The SMILES string of the molecule is CNCCC=C(C)Cc1cccc(O)c1. The van der Waals surface area contributed by atoms with Gasteiger partial charge in [0.05, 0.1) is 0 Å². The number of hydrogen-bond acceptors (Lipinski definition) is 2. The van der Waals surface area contributed by atoms with Crippen LogP contribution in [0.4, 0.5) is 0 Å². The summed E-state index contributed by atoms with van der Waals surface area (Å²) in [6.07, 6.45) is 4.21. The summed E-state index contributed by atoms with van der Waals surface area (Å²) in [6.45, 7) is 3.14. The van der Waals surface area contributed by atoms with Crippen molar-refractivity contribution in [1.82, 2.24) is 5.32 Å². The Morgan fingerprint density at radius 1 is 1.47 bits per heavy atom. The molecule has 0 amide bonds. The largest absolute Gasteiger partial charge is 0.508 e. The predicted molar refractivity (Wildman–Crippen MR) is 64.1 cm³/mol. The van der Waals surface area contributed by atoms with Crippen LogP contribution in [0.25, 0.3) is 0 Å². The van der Waals surface area contributed by atoms with Gasteiger partial charge in [-0.2, -0.15) is 0 Å². The molecular formula is C13H19NO. The van der Waals surface area contributed by atoms with Crippen molar-refractivity contribution in [3.8, 4) is 5.75 Å². The fourth-order valence-electron chi connectivity index (χ4n) is 1.52. The summed E-state index contributed by atoms with van der Waals surface area (Å²) in [7, 11) is 1.96.